The van der Waals surface area contributed by atoms with E-state index in [2.05, 4.69) is 52.8 Å². The number of aromatic nitrogens is 2. The normalized spacial score (nSPS) is 10.9. The molecular weight excluding hydrogens is 356 g/mol. The number of nitrogens with one attached hydrogen (secondary N) is 2. The van der Waals surface area contributed by atoms with Crippen molar-refractivity contribution in [1.29, 1.82) is 0 Å². The van der Waals surface area contributed by atoms with Gasteiger partial charge in [0.2, 0.25) is 0 Å². The number of H-pyrrole nitrogens is 1. The molecule has 1 heterocycles. The molecule has 3 aromatic rings. The maximum Gasteiger partial charge on any atom is 0.327 e. The molecule has 6 heteroatoms. The van der Waals surface area contributed by atoms with E-state index in [0.29, 0.717) is 19.5 Å². The van der Waals surface area contributed by atoms with Gasteiger partial charge in [-0.15, -0.1) is 0 Å². The molecule has 0 fully saturated rings. The summed E-state index contributed by atoms with van der Waals surface area (Å²) in [6.45, 7) is 5.35. The van der Waals surface area contributed by atoms with Crippen molar-refractivity contribution in [1.82, 2.24) is 19.6 Å². The van der Waals surface area contributed by atoms with E-state index < -0.39 is 0 Å². The number of fused-ring (bicyclic) bond motifs is 1. The second-order valence-corrected chi connectivity index (χ2v) is 7.51. The van der Waals surface area contributed by atoms with Crippen LogP contribution in [0.5, 0.6) is 0 Å². The van der Waals surface area contributed by atoms with Crippen LogP contribution in [0.3, 0.4) is 0 Å². The number of para-hydroxylation sites is 2. The van der Waals surface area contributed by atoms with Crippen LogP contribution in [0, 0.1) is 6.92 Å². The largest absolute Gasteiger partial charge is 0.342 e. The SMILES string of the molecule is CCCSNC(=O)N(CCc1nc2ccccc2[nH]1)Cc1ccc(C)cc1. The number of aromatic amines is 1. The van der Waals surface area contributed by atoms with Crippen LogP contribution in [0.25, 0.3) is 11.0 Å². The predicted molar refractivity (Wildman–Crippen MR) is 113 cm³/mol. The lowest BCUT2D eigenvalue weighted by molar-refractivity contribution is 0.202. The second kappa shape index (κ2) is 9.46. The average molecular weight is 383 g/mol. The molecule has 3 rings (SSSR count). The lowest BCUT2D eigenvalue weighted by atomic mass is 10.1. The molecule has 2 N–H and O–H groups in total. The number of benzene rings is 2. The van der Waals surface area contributed by atoms with Gasteiger partial charge < -0.3 is 9.88 Å². The Labute approximate surface area is 164 Å². The molecule has 0 unspecified atom stereocenters. The van der Waals surface area contributed by atoms with Crippen LogP contribution in [0.4, 0.5) is 4.79 Å². The molecule has 27 heavy (non-hydrogen) atoms. The van der Waals surface area contributed by atoms with E-state index in [0.717, 1.165) is 34.6 Å². The maximum atomic E-state index is 12.6. The van der Waals surface area contributed by atoms with Gasteiger partial charge in [-0.25, -0.2) is 9.78 Å². The predicted octanol–water partition coefficient (Wildman–Crippen LogP) is 4.68. The number of aryl methyl sites for hydroxylation is 1. The number of carbonyl (C=O) groups is 1. The molecule has 0 aliphatic carbocycles. The summed E-state index contributed by atoms with van der Waals surface area (Å²) in [7, 11) is 0. The Morgan fingerprint density at radius 2 is 1.96 bits per heavy atom. The van der Waals surface area contributed by atoms with Crippen molar-refractivity contribution in [3.05, 3.63) is 65.5 Å². The van der Waals surface area contributed by atoms with Crippen LogP contribution in [0.2, 0.25) is 0 Å². The Kier molecular flexibility index (Phi) is 6.76. The molecule has 1 aromatic heterocycles. The van der Waals surface area contributed by atoms with Gasteiger partial charge in [-0.3, -0.25) is 4.72 Å². The average Bonchev–Trinajstić information content (AvgIpc) is 3.09. The number of hydrogen-bond donors (Lipinski definition) is 2. The van der Waals surface area contributed by atoms with Crippen molar-refractivity contribution in [3.8, 4) is 0 Å². The van der Waals surface area contributed by atoms with Gasteiger partial charge >= 0.3 is 6.03 Å². The molecule has 0 saturated heterocycles. The minimum Gasteiger partial charge on any atom is -0.342 e. The monoisotopic (exact) mass is 382 g/mol. The van der Waals surface area contributed by atoms with Crippen LogP contribution >= 0.6 is 11.9 Å². The molecule has 0 aliphatic rings. The zero-order valence-corrected chi connectivity index (χ0v) is 16.7. The topological polar surface area (TPSA) is 61.0 Å². The minimum atomic E-state index is -0.0508. The van der Waals surface area contributed by atoms with Crippen LogP contribution in [-0.4, -0.2) is 33.2 Å². The van der Waals surface area contributed by atoms with Crippen molar-refractivity contribution < 1.29 is 4.79 Å². The fraction of sp³-hybridized carbons (Fsp3) is 0.333. The Hall–Kier alpha value is -2.47. The smallest absolute Gasteiger partial charge is 0.327 e. The van der Waals surface area contributed by atoms with Crippen LogP contribution in [-0.2, 0) is 13.0 Å². The number of nitrogens with zero attached hydrogens (tertiary/aromatic N) is 2. The van der Waals surface area contributed by atoms with Crippen molar-refractivity contribution >= 4 is 29.0 Å². The van der Waals surface area contributed by atoms with E-state index >= 15 is 0 Å². The molecule has 0 aliphatic heterocycles. The Morgan fingerprint density at radius 3 is 2.70 bits per heavy atom. The van der Waals surface area contributed by atoms with Crippen molar-refractivity contribution in [2.24, 2.45) is 0 Å². The van der Waals surface area contributed by atoms with E-state index in [4.69, 9.17) is 0 Å². The van der Waals surface area contributed by atoms with Gasteiger partial charge in [-0.1, -0.05) is 48.9 Å². The number of carbonyl (C=O) groups excluding carboxylic acids is 1. The fourth-order valence-corrected chi connectivity index (χ4v) is 3.37. The highest BCUT2D eigenvalue weighted by Crippen LogP contribution is 2.13. The van der Waals surface area contributed by atoms with E-state index in [1.165, 1.54) is 17.5 Å². The molecule has 5 nitrogen and oxygen atoms in total. The Bertz CT molecular complexity index is 842. The molecule has 142 valence electrons. The minimum absolute atomic E-state index is 0.0508. The summed E-state index contributed by atoms with van der Waals surface area (Å²) in [5.41, 5.74) is 4.33. The second-order valence-electron chi connectivity index (χ2n) is 6.61. The molecule has 2 amide bonds. The number of rotatable bonds is 8. The Balaban J connectivity index is 1.67. The molecule has 0 spiro atoms. The third-order valence-corrected chi connectivity index (χ3v) is 5.24. The van der Waals surface area contributed by atoms with Crippen LogP contribution in [0.1, 0.15) is 30.3 Å². The lowest BCUT2D eigenvalue weighted by Gasteiger charge is -2.22. The maximum absolute atomic E-state index is 12.6. The van der Waals surface area contributed by atoms with Gasteiger partial charge in [0.25, 0.3) is 0 Å². The highest BCUT2D eigenvalue weighted by atomic mass is 32.2. The highest BCUT2D eigenvalue weighted by molar-refractivity contribution is 7.97. The first kappa shape index (κ1) is 19.3. The van der Waals surface area contributed by atoms with Crippen LogP contribution < -0.4 is 4.72 Å². The van der Waals surface area contributed by atoms with Gasteiger partial charge in [0.15, 0.2) is 0 Å². The summed E-state index contributed by atoms with van der Waals surface area (Å²) >= 11 is 1.46. The number of urea groups is 1. The number of amides is 2. The first-order valence-electron chi connectivity index (χ1n) is 9.31. The third kappa shape index (κ3) is 5.50. The molecule has 0 radical (unpaired) electrons. The first-order valence-corrected chi connectivity index (χ1v) is 10.3. The molecule has 0 saturated carbocycles. The molecule has 0 bridgehead atoms. The summed E-state index contributed by atoms with van der Waals surface area (Å²) in [5, 5.41) is 0. The number of imidazole rings is 1. The molecule has 2 aromatic carbocycles. The standard InChI is InChI=1S/C21H26N4OS/c1-3-14-27-24-21(26)25(15-17-10-8-16(2)9-11-17)13-12-20-22-18-6-4-5-7-19(18)23-20/h4-11H,3,12-15H2,1-2H3,(H,22,23)(H,24,26). The molecular formula is C21H26N4OS. The van der Waals surface area contributed by atoms with Gasteiger partial charge in [0.05, 0.1) is 11.0 Å². The summed E-state index contributed by atoms with van der Waals surface area (Å²) in [5.74, 6) is 1.81. The highest BCUT2D eigenvalue weighted by Gasteiger charge is 2.15. The summed E-state index contributed by atoms with van der Waals surface area (Å²) in [6.07, 6.45) is 1.72. The zero-order valence-electron chi connectivity index (χ0n) is 15.9. The van der Waals surface area contributed by atoms with E-state index in [9.17, 15) is 4.79 Å². The summed E-state index contributed by atoms with van der Waals surface area (Å²) in [6, 6.07) is 16.3. The van der Waals surface area contributed by atoms with Crippen molar-refractivity contribution in [2.45, 2.75) is 33.2 Å². The summed E-state index contributed by atoms with van der Waals surface area (Å²) in [4.78, 5) is 22.5. The fourth-order valence-electron chi connectivity index (χ4n) is 2.81. The van der Waals surface area contributed by atoms with Crippen molar-refractivity contribution in [2.75, 3.05) is 12.3 Å². The van der Waals surface area contributed by atoms with Crippen LogP contribution in [0.15, 0.2) is 48.5 Å². The number of hydrogen-bond acceptors (Lipinski definition) is 3. The summed E-state index contributed by atoms with van der Waals surface area (Å²) < 4.78 is 2.95. The van der Waals surface area contributed by atoms with Crippen molar-refractivity contribution in [3.63, 3.8) is 0 Å². The molecule has 0 atom stereocenters. The Morgan fingerprint density at radius 1 is 1.19 bits per heavy atom. The van der Waals surface area contributed by atoms with E-state index in [-0.39, 0.29) is 6.03 Å². The van der Waals surface area contributed by atoms with Gasteiger partial charge in [0, 0.05) is 25.3 Å². The van der Waals surface area contributed by atoms with E-state index in [1.54, 1.807) is 0 Å². The first-order chi connectivity index (χ1) is 13.2. The lowest BCUT2D eigenvalue weighted by Crippen LogP contribution is -2.38. The van der Waals surface area contributed by atoms with Gasteiger partial charge in [-0.2, -0.15) is 0 Å². The van der Waals surface area contributed by atoms with Gasteiger partial charge in [0.1, 0.15) is 5.82 Å². The van der Waals surface area contributed by atoms with E-state index in [1.807, 2.05) is 29.2 Å². The third-order valence-electron chi connectivity index (χ3n) is 4.30. The quantitative estimate of drug-likeness (QED) is 0.439. The zero-order chi connectivity index (χ0) is 19.1. The van der Waals surface area contributed by atoms with Gasteiger partial charge in [-0.05, 0) is 43.0 Å².